The molecule has 0 aliphatic carbocycles. The summed E-state index contributed by atoms with van der Waals surface area (Å²) < 4.78 is 5.76. The molecule has 114 valence electrons. The Balaban J connectivity index is 1.91. The van der Waals surface area contributed by atoms with Gasteiger partial charge in [-0.3, -0.25) is 0 Å². The minimum atomic E-state index is 0.250. The van der Waals surface area contributed by atoms with Crippen LogP contribution in [-0.2, 0) is 4.74 Å². The number of fused-ring (bicyclic) bond motifs is 1. The molecule has 21 heavy (non-hydrogen) atoms. The third-order valence-electron chi connectivity index (χ3n) is 3.74. The van der Waals surface area contributed by atoms with Crippen molar-refractivity contribution >= 4 is 33.3 Å². The van der Waals surface area contributed by atoms with E-state index in [1.165, 1.54) is 4.88 Å². The molecule has 6 heteroatoms. The van der Waals surface area contributed by atoms with Gasteiger partial charge >= 0.3 is 0 Å². The van der Waals surface area contributed by atoms with Crippen molar-refractivity contribution in [2.75, 3.05) is 23.8 Å². The summed E-state index contributed by atoms with van der Waals surface area (Å²) in [5, 5.41) is 7.84. The number of thiophene rings is 1. The first-order valence-electron chi connectivity index (χ1n) is 7.57. The molecule has 0 amide bonds. The van der Waals surface area contributed by atoms with Crippen LogP contribution in [-0.4, -0.2) is 35.3 Å². The van der Waals surface area contributed by atoms with Crippen LogP contribution in [0.15, 0.2) is 6.07 Å². The van der Waals surface area contributed by atoms with Gasteiger partial charge in [-0.2, -0.15) is 4.98 Å². The van der Waals surface area contributed by atoms with E-state index in [0.29, 0.717) is 5.95 Å². The first-order chi connectivity index (χ1) is 10.2. The minimum absolute atomic E-state index is 0.250. The summed E-state index contributed by atoms with van der Waals surface area (Å²) >= 11 is 1.70. The van der Waals surface area contributed by atoms with Gasteiger partial charge in [0, 0.05) is 18.0 Å². The van der Waals surface area contributed by atoms with Gasteiger partial charge in [-0.1, -0.05) is 0 Å². The van der Waals surface area contributed by atoms with Crippen LogP contribution in [0.1, 0.15) is 31.6 Å². The Morgan fingerprint density at radius 2 is 2.33 bits per heavy atom. The van der Waals surface area contributed by atoms with Gasteiger partial charge < -0.3 is 15.4 Å². The van der Waals surface area contributed by atoms with Crippen molar-refractivity contribution in [1.82, 2.24) is 9.97 Å². The molecule has 1 aliphatic heterocycles. The Bertz CT molecular complexity index is 621. The zero-order valence-corrected chi connectivity index (χ0v) is 13.6. The Labute approximate surface area is 129 Å². The monoisotopic (exact) mass is 306 g/mol. The third kappa shape index (κ3) is 3.11. The lowest BCUT2D eigenvalue weighted by atomic mass is 10.1. The number of hydrogen-bond acceptors (Lipinski definition) is 6. The fourth-order valence-electron chi connectivity index (χ4n) is 2.69. The molecular weight excluding hydrogens is 284 g/mol. The van der Waals surface area contributed by atoms with Crippen LogP contribution in [0.25, 0.3) is 10.2 Å². The van der Waals surface area contributed by atoms with Gasteiger partial charge in [0.15, 0.2) is 0 Å². The molecular formula is C15H22N4OS. The molecule has 2 unspecified atom stereocenters. The number of hydrogen-bond donors (Lipinski definition) is 2. The van der Waals surface area contributed by atoms with Crippen molar-refractivity contribution in [2.45, 2.75) is 45.8 Å². The van der Waals surface area contributed by atoms with E-state index < -0.39 is 0 Å². The lowest BCUT2D eigenvalue weighted by molar-refractivity contribution is 0.0996. The van der Waals surface area contributed by atoms with Gasteiger partial charge in [-0.25, -0.2) is 4.98 Å². The van der Waals surface area contributed by atoms with E-state index in [-0.39, 0.29) is 12.1 Å². The van der Waals surface area contributed by atoms with Crippen molar-refractivity contribution in [3.05, 3.63) is 10.9 Å². The maximum atomic E-state index is 5.76. The molecule has 0 saturated carbocycles. The molecule has 2 aromatic heterocycles. The van der Waals surface area contributed by atoms with Crippen LogP contribution in [0.3, 0.4) is 0 Å². The highest BCUT2D eigenvalue weighted by Crippen LogP contribution is 2.30. The Morgan fingerprint density at radius 3 is 3.05 bits per heavy atom. The number of aromatic nitrogens is 2. The lowest BCUT2D eigenvalue weighted by Gasteiger charge is -2.21. The van der Waals surface area contributed by atoms with E-state index in [4.69, 9.17) is 4.74 Å². The highest BCUT2D eigenvalue weighted by atomic mass is 32.1. The quantitative estimate of drug-likeness (QED) is 0.886. The van der Waals surface area contributed by atoms with Crippen LogP contribution in [0, 0.1) is 6.92 Å². The fraction of sp³-hybridized carbons (Fsp3) is 0.600. The van der Waals surface area contributed by atoms with Gasteiger partial charge in [-0.05, 0) is 39.7 Å². The number of rotatable bonds is 5. The van der Waals surface area contributed by atoms with Gasteiger partial charge in [0.1, 0.15) is 10.6 Å². The highest BCUT2D eigenvalue weighted by molar-refractivity contribution is 7.18. The molecule has 3 rings (SSSR count). The summed E-state index contributed by atoms with van der Waals surface area (Å²) in [6.07, 6.45) is 2.54. The highest BCUT2D eigenvalue weighted by Gasteiger charge is 2.23. The number of nitrogens with zero attached hydrogens (tertiary/aromatic N) is 2. The fourth-order valence-corrected chi connectivity index (χ4v) is 3.57. The van der Waals surface area contributed by atoms with Crippen molar-refractivity contribution in [3.63, 3.8) is 0 Å². The van der Waals surface area contributed by atoms with Gasteiger partial charge in [0.05, 0.1) is 17.5 Å². The molecule has 0 bridgehead atoms. The standard InChI is InChI=1S/C15H22N4OS/c1-4-16-15-18-13(11-8-9(2)21-14(11)19-15)17-10(3)12-6-5-7-20-12/h8,10,12H,4-7H2,1-3H3,(H2,16,17,18,19). The van der Waals surface area contributed by atoms with Crippen molar-refractivity contribution in [3.8, 4) is 0 Å². The van der Waals surface area contributed by atoms with Crippen LogP contribution in [0.2, 0.25) is 0 Å². The van der Waals surface area contributed by atoms with Crippen molar-refractivity contribution < 1.29 is 4.74 Å². The number of nitrogens with one attached hydrogen (secondary N) is 2. The smallest absolute Gasteiger partial charge is 0.226 e. The summed E-state index contributed by atoms with van der Waals surface area (Å²) in [4.78, 5) is 11.5. The van der Waals surface area contributed by atoms with Crippen LogP contribution in [0.4, 0.5) is 11.8 Å². The summed E-state index contributed by atoms with van der Waals surface area (Å²) in [5.41, 5.74) is 0. The number of ether oxygens (including phenoxy) is 1. The largest absolute Gasteiger partial charge is 0.376 e. The molecule has 0 spiro atoms. The molecule has 1 aliphatic rings. The van der Waals surface area contributed by atoms with Gasteiger partial charge in [0.2, 0.25) is 5.95 Å². The van der Waals surface area contributed by atoms with E-state index in [9.17, 15) is 0 Å². The third-order valence-corrected chi connectivity index (χ3v) is 4.68. The first kappa shape index (κ1) is 14.5. The van der Waals surface area contributed by atoms with E-state index >= 15 is 0 Å². The topological polar surface area (TPSA) is 59.1 Å². The van der Waals surface area contributed by atoms with Crippen LogP contribution < -0.4 is 10.6 Å². The van der Waals surface area contributed by atoms with Crippen molar-refractivity contribution in [2.24, 2.45) is 0 Å². The summed E-state index contributed by atoms with van der Waals surface area (Å²) in [6, 6.07) is 2.40. The molecule has 0 radical (unpaired) electrons. The second-order valence-electron chi connectivity index (χ2n) is 5.49. The number of anilines is 2. The van der Waals surface area contributed by atoms with E-state index in [0.717, 1.165) is 42.0 Å². The average Bonchev–Trinajstić information content (AvgIpc) is 3.07. The predicted molar refractivity (Wildman–Crippen MR) is 88.4 cm³/mol. The summed E-state index contributed by atoms with van der Waals surface area (Å²) in [7, 11) is 0. The van der Waals surface area contributed by atoms with Gasteiger partial charge in [-0.15, -0.1) is 11.3 Å². The molecule has 2 N–H and O–H groups in total. The molecule has 2 atom stereocenters. The predicted octanol–water partition coefficient (Wildman–Crippen LogP) is 3.41. The maximum absolute atomic E-state index is 5.76. The Hall–Kier alpha value is -1.40. The molecule has 2 aromatic rings. The van der Waals surface area contributed by atoms with Crippen LogP contribution >= 0.6 is 11.3 Å². The van der Waals surface area contributed by atoms with E-state index in [1.807, 2.05) is 0 Å². The molecule has 5 nitrogen and oxygen atoms in total. The second kappa shape index (κ2) is 6.15. The van der Waals surface area contributed by atoms with Crippen molar-refractivity contribution in [1.29, 1.82) is 0 Å². The summed E-state index contributed by atoms with van der Waals surface area (Å²) in [6.45, 7) is 8.00. The molecule has 1 saturated heterocycles. The van der Waals surface area contributed by atoms with Crippen LogP contribution in [0.5, 0.6) is 0 Å². The van der Waals surface area contributed by atoms with E-state index in [1.54, 1.807) is 11.3 Å². The Kier molecular flexibility index (Phi) is 4.26. The molecule has 3 heterocycles. The summed E-state index contributed by atoms with van der Waals surface area (Å²) in [5.74, 6) is 1.59. The lowest BCUT2D eigenvalue weighted by Crippen LogP contribution is -2.30. The zero-order valence-electron chi connectivity index (χ0n) is 12.8. The normalized spacial score (nSPS) is 19.9. The second-order valence-corrected chi connectivity index (χ2v) is 6.72. The average molecular weight is 306 g/mol. The number of aryl methyl sites for hydroxylation is 1. The minimum Gasteiger partial charge on any atom is -0.376 e. The SMILES string of the molecule is CCNc1nc(NC(C)C2CCCO2)c2cc(C)sc2n1. The Morgan fingerprint density at radius 1 is 1.48 bits per heavy atom. The first-order valence-corrected chi connectivity index (χ1v) is 8.39. The van der Waals surface area contributed by atoms with E-state index in [2.05, 4.69) is 47.4 Å². The van der Waals surface area contributed by atoms with Gasteiger partial charge in [0.25, 0.3) is 0 Å². The molecule has 1 fully saturated rings. The maximum Gasteiger partial charge on any atom is 0.226 e. The molecule has 0 aromatic carbocycles. The zero-order chi connectivity index (χ0) is 14.8.